The number of rotatable bonds is 5. The molecule has 0 spiro atoms. The molecule has 1 aliphatic heterocycles. The highest BCUT2D eigenvalue weighted by Crippen LogP contribution is 2.32. The molecule has 0 saturated carbocycles. The monoisotopic (exact) mass is 317 g/mol. The smallest absolute Gasteiger partial charge is 0.145 e. The van der Waals surface area contributed by atoms with Crippen LogP contribution in [-0.2, 0) is 13.1 Å². The number of likely N-dealkylation sites (tertiary alicyclic amines) is 1. The number of aromatic nitrogens is 3. The zero-order valence-electron chi connectivity index (χ0n) is 13.5. The molecule has 0 bridgehead atoms. The highest BCUT2D eigenvalue weighted by molar-refractivity contribution is 7.09. The first-order valence-corrected chi connectivity index (χ1v) is 8.61. The topological polar surface area (TPSA) is 45.2 Å². The van der Waals surface area contributed by atoms with Gasteiger partial charge in [0, 0.05) is 24.2 Å². The molecule has 22 heavy (non-hydrogen) atoms. The van der Waals surface area contributed by atoms with Crippen LogP contribution in [0.15, 0.2) is 17.8 Å². The van der Waals surface area contributed by atoms with Gasteiger partial charge in [0.1, 0.15) is 5.82 Å². The van der Waals surface area contributed by atoms with Crippen molar-refractivity contribution in [3.8, 4) is 0 Å². The van der Waals surface area contributed by atoms with Crippen LogP contribution in [0.1, 0.15) is 41.0 Å². The van der Waals surface area contributed by atoms with Gasteiger partial charge in [-0.3, -0.25) is 4.90 Å². The lowest BCUT2D eigenvalue weighted by Crippen LogP contribution is -2.24. The van der Waals surface area contributed by atoms with Gasteiger partial charge < -0.3 is 4.90 Å². The second kappa shape index (κ2) is 6.81. The number of thiazole rings is 1. The maximum absolute atomic E-state index is 4.79. The van der Waals surface area contributed by atoms with Crippen molar-refractivity contribution in [3.63, 3.8) is 0 Å². The lowest BCUT2D eigenvalue weighted by molar-refractivity contribution is 0.240. The van der Waals surface area contributed by atoms with E-state index in [1.54, 1.807) is 11.3 Å². The minimum absolute atomic E-state index is 0.337. The van der Waals surface area contributed by atoms with Crippen molar-refractivity contribution in [2.24, 2.45) is 0 Å². The highest BCUT2D eigenvalue weighted by Gasteiger charge is 2.29. The van der Waals surface area contributed by atoms with Gasteiger partial charge in [-0.15, -0.1) is 11.3 Å². The van der Waals surface area contributed by atoms with Crippen LogP contribution in [0.4, 0.5) is 0 Å². The molecule has 0 aliphatic carbocycles. The summed E-state index contributed by atoms with van der Waals surface area (Å²) in [4.78, 5) is 19.7. The molecular formula is C16H23N5S. The largest absolute Gasteiger partial charge is 0.304 e. The van der Waals surface area contributed by atoms with Gasteiger partial charge in [0.25, 0.3) is 0 Å². The van der Waals surface area contributed by atoms with Gasteiger partial charge >= 0.3 is 0 Å². The van der Waals surface area contributed by atoms with E-state index in [-0.39, 0.29) is 0 Å². The van der Waals surface area contributed by atoms with Crippen LogP contribution in [-0.4, -0.2) is 45.4 Å². The number of hydrogen-bond acceptors (Lipinski definition) is 6. The van der Waals surface area contributed by atoms with Crippen molar-refractivity contribution >= 4 is 11.3 Å². The number of aryl methyl sites for hydroxylation is 1. The van der Waals surface area contributed by atoms with Crippen molar-refractivity contribution in [2.75, 3.05) is 20.6 Å². The van der Waals surface area contributed by atoms with E-state index in [0.29, 0.717) is 6.04 Å². The summed E-state index contributed by atoms with van der Waals surface area (Å²) in [7, 11) is 4.13. The Morgan fingerprint density at radius 3 is 2.95 bits per heavy atom. The van der Waals surface area contributed by atoms with E-state index >= 15 is 0 Å². The summed E-state index contributed by atoms with van der Waals surface area (Å²) in [5, 5.41) is 0. The Labute approximate surface area is 136 Å². The van der Waals surface area contributed by atoms with E-state index in [1.165, 1.54) is 11.3 Å². The molecular weight excluding hydrogens is 294 g/mol. The fourth-order valence-electron chi connectivity index (χ4n) is 2.96. The van der Waals surface area contributed by atoms with Gasteiger partial charge in [-0.2, -0.15) is 0 Å². The second-order valence-electron chi connectivity index (χ2n) is 6.13. The first-order chi connectivity index (χ1) is 10.6. The molecule has 0 radical (unpaired) electrons. The summed E-state index contributed by atoms with van der Waals surface area (Å²) >= 11 is 1.74. The van der Waals surface area contributed by atoms with Crippen LogP contribution in [0.25, 0.3) is 0 Å². The molecule has 2 aromatic heterocycles. The Hall–Kier alpha value is -1.37. The molecule has 3 heterocycles. The third-order valence-electron chi connectivity index (χ3n) is 4.06. The standard InChI is InChI=1S/C16H23N5S/c1-12-15(22-11-18-12)10-21-8-4-5-14(21)16-17-7-6-13(19-16)9-20(2)3/h6-7,11,14H,4-5,8-10H2,1-3H3/t14-/m1/s1. The quantitative estimate of drug-likeness (QED) is 0.848. The second-order valence-corrected chi connectivity index (χ2v) is 7.07. The van der Waals surface area contributed by atoms with Gasteiger partial charge in [0.05, 0.1) is 22.9 Å². The van der Waals surface area contributed by atoms with E-state index in [1.807, 2.05) is 17.8 Å². The summed E-state index contributed by atoms with van der Waals surface area (Å²) in [6.07, 6.45) is 4.25. The van der Waals surface area contributed by atoms with Gasteiger partial charge in [0.15, 0.2) is 0 Å². The SMILES string of the molecule is Cc1ncsc1CN1CCC[C@@H]1c1nccc(CN(C)C)n1. The molecule has 118 valence electrons. The molecule has 5 nitrogen and oxygen atoms in total. The Balaban J connectivity index is 1.76. The van der Waals surface area contributed by atoms with Gasteiger partial charge in [-0.05, 0) is 46.5 Å². The highest BCUT2D eigenvalue weighted by atomic mass is 32.1. The van der Waals surface area contributed by atoms with Crippen molar-refractivity contribution in [1.29, 1.82) is 0 Å². The third-order valence-corrected chi connectivity index (χ3v) is 4.98. The molecule has 0 aromatic carbocycles. The minimum atomic E-state index is 0.337. The molecule has 1 saturated heterocycles. The lowest BCUT2D eigenvalue weighted by atomic mass is 10.2. The lowest BCUT2D eigenvalue weighted by Gasteiger charge is -2.23. The molecule has 6 heteroatoms. The Morgan fingerprint density at radius 1 is 1.36 bits per heavy atom. The molecule has 0 N–H and O–H groups in total. The maximum atomic E-state index is 4.79. The zero-order valence-corrected chi connectivity index (χ0v) is 14.3. The van der Waals surface area contributed by atoms with E-state index in [9.17, 15) is 0 Å². The maximum Gasteiger partial charge on any atom is 0.145 e. The van der Waals surface area contributed by atoms with Crippen molar-refractivity contribution in [3.05, 3.63) is 39.9 Å². The van der Waals surface area contributed by atoms with Crippen molar-refractivity contribution in [1.82, 2.24) is 24.8 Å². The van der Waals surface area contributed by atoms with Gasteiger partial charge in [0.2, 0.25) is 0 Å². The van der Waals surface area contributed by atoms with E-state index in [2.05, 4.69) is 40.8 Å². The summed E-state index contributed by atoms with van der Waals surface area (Å²) in [6.45, 7) is 5.02. The molecule has 2 aromatic rings. The Morgan fingerprint density at radius 2 is 2.23 bits per heavy atom. The van der Waals surface area contributed by atoms with Crippen LogP contribution in [0, 0.1) is 6.92 Å². The average Bonchev–Trinajstić information content (AvgIpc) is 3.09. The predicted octanol–water partition coefficient (Wildman–Crippen LogP) is 2.64. The van der Waals surface area contributed by atoms with Gasteiger partial charge in [-0.1, -0.05) is 0 Å². The molecule has 1 aliphatic rings. The summed E-state index contributed by atoms with van der Waals surface area (Å²) in [6, 6.07) is 2.35. The van der Waals surface area contributed by atoms with E-state index in [4.69, 9.17) is 4.98 Å². The van der Waals surface area contributed by atoms with Crippen LogP contribution >= 0.6 is 11.3 Å². The molecule has 0 amide bonds. The minimum Gasteiger partial charge on any atom is -0.304 e. The molecule has 1 atom stereocenters. The van der Waals surface area contributed by atoms with Crippen LogP contribution < -0.4 is 0 Å². The first-order valence-electron chi connectivity index (χ1n) is 7.73. The third kappa shape index (κ3) is 3.51. The van der Waals surface area contributed by atoms with E-state index < -0.39 is 0 Å². The van der Waals surface area contributed by atoms with Crippen LogP contribution in [0.3, 0.4) is 0 Å². The fourth-order valence-corrected chi connectivity index (χ4v) is 3.76. The number of nitrogens with zero attached hydrogens (tertiary/aromatic N) is 5. The Bertz CT molecular complexity index is 625. The van der Waals surface area contributed by atoms with Crippen molar-refractivity contribution < 1.29 is 0 Å². The molecule has 1 fully saturated rings. The van der Waals surface area contributed by atoms with Gasteiger partial charge in [-0.25, -0.2) is 15.0 Å². The van der Waals surface area contributed by atoms with E-state index in [0.717, 1.165) is 43.3 Å². The first kappa shape index (κ1) is 15.5. The predicted molar refractivity (Wildman–Crippen MR) is 88.7 cm³/mol. The Kier molecular flexibility index (Phi) is 4.81. The fraction of sp³-hybridized carbons (Fsp3) is 0.562. The van der Waals surface area contributed by atoms with Crippen molar-refractivity contribution in [2.45, 2.75) is 38.9 Å². The normalized spacial score (nSPS) is 19.2. The summed E-state index contributed by atoms with van der Waals surface area (Å²) in [5.74, 6) is 0.971. The summed E-state index contributed by atoms with van der Waals surface area (Å²) < 4.78 is 0. The van der Waals surface area contributed by atoms with Crippen LogP contribution in [0.2, 0.25) is 0 Å². The molecule has 0 unspecified atom stereocenters. The zero-order chi connectivity index (χ0) is 15.5. The average molecular weight is 317 g/mol. The van der Waals surface area contributed by atoms with Crippen LogP contribution in [0.5, 0.6) is 0 Å². The number of hydrogen-bond donors (Lipinski definition) is 0. The summed E-state index contributed by atoms with van der Waals surface area (Å²) in [5.41, 5.74) is 4.18. The molecule has 3 rings (SSSR count).